The van der Waals surface area contributed by atoms with Crippen LogP contribution in [-0.2, 0) is 9.59 Å². The van der Waals surface area contributed by atoms with E-state index in [2.05, 4.69) is 10.6 Å². The van der Waals surface area contributed by atoms with Gasteiger partial charge in [0.2, 0.25) is 5.91 Å². The van der Waals surface area contributed by atoms with Crippen molar-refractivity contribution < 1.29 is 19.2 Å². The molecule has 1 saturated carbocycles. The van der Waals surface area contributed by atoms with Crippen molar-refractivity contribution >= 4 is 45.9 Å². The minimum atomic E-state index is -0.590. The molecular formula is C29H28N4O4. The molecule has 2 heterocycles. The normalized spacial score (nSPS) is 23.2. The number of anilines is 2. The number of imide groups is 1. The number of urea groups is 1. The Morgan fingerprint density at radius 2 is 1.70 bits per heavy atom. The fourth-order valence-corrected chi connectivity index (χ4v) is 6.09. The second-order valence-electron chi connectivity index (χ2n) is 10.1. The summed E-state index contributed by atoms with van der Waals surface area (Å²) >= 11 is 0. The van der Waals surface area contributed by atoms with E-state index in [1.54, 1.807) is 24.3 Å². The second-order valence-corrected chi connectivity index (χ2v) is 10.1. The van der Waals surface area contributed by atoms with E-state index in [0.717, 1.165) is 41.4 Å². The van der Waals surface area contributed by atoms with Crippen LogP contribution in [-0.4, -0.2) is 47.3 Å². The third-order valence-electron chi connectivity index (χ3n) is 7.84. The first-order valence-electron chi connectivity index (χ1n) is 12.8. The smallest absolute Gasteiger partial charge is 0.328 e. The zero-order chi connectivity index (χ0) is 25.5. The van der Waals surface area contributed by atoms with Crippen LogP contribution in [0.15, 0.2) is 66.7 Å². The summed E-state index contributed by atoms with van der Waals surface area (Å²) in [6, 6.07) is 19.3. The van der Waals surface area contributed by atoms with Gasteiger partial charge in [0.25, 0.3) is 11.8 Å². The van der Waals surface area contributed by atoms with Gasteiger partial charge in [-0.25, -0.2) is 9.69 Å². The Labute approximate surface area is 214 Å². The first-order chi connectivity index (χ1) is 18.0. The molecule has 8 heteroatoms. The van der Waals surface area contributed by atoms with Crippen molar-refractivity contribution in [3.05, 3.63) is 72.3 Å². The number of benzene rings is 3. The van der Waals surface area contributed by atoms with Gasteiger partial charge in [0.15, 0.2) is 0 Å². The molecule has 2 aliphatic heterocycles. The molecule has 5 amide bonds. The summed E-state index contributed by atoms with van der Waals surface area (Å²) in [4.78, 5) is 54.5. The highest BCUT2D eigenvalue weighted by atomic mass is 16.2. The van der Waals surface area contributed by atoms with Crippen LogP contribution in [0.1, 0.15) is 42.5 Å². The van der Waals surface area contributed by atoms with Gasteiger partial charge >= 0.3 is 6.03 Å². The number of hydrogen-bond donors (Lipinski definition) is 2. The van der Waals surface area contributed by atoms with E-state index in [1.807, 2.05) is 47.4 Å². The topological polar surface area (TPSA) is 98.8 Å². The minimum absolute atomic E-state index is 0.0423. The van der Waals surface area contributed by atoms with E-state index in [0.29, 0.717) is 29.3 Å². The van der Waals surface area contributed by atoms with Crippen LogP contribution in [0.25, 0.3) is 10.8 Å². The van der Waals surface area contributed by atoms with Crippen molar-refractivity contribution in [3.8, 4) is 0 Å². The van der Waals surface area contributed by atoms with Crippen molar-refractivity contribution in [2.24, 2.45) is 5.92 Å². The number of hydrogen-bond acceptors (Lipinski definition) is 4. The molecule has 0 aromatic heterocycles. The van der Waals surface area contributed by atoms with Crippen LogP contribution in [0.4, 0.5) is 16.2 Å². The van der Waals surface area contributed by atoms with Gasteiger partial charge in [-0.15, -0.1) is 0 Å². The third kappa shape index (κ3) is 4.22. The lowest BCUT2D eigenvalue weighted by molar-refractivity contribution is -0.120. The van der Waals surface area contributed by atoms with Crippen molar-refractivity contribution in [1.82, 2.24) is 10.2 Å². The molecule has 3 fully saturated rings. The van der Waals surface area contributed by atoms with Gasteiger partial charge in [-0.3, -0.25) is 14.4 Å². The number of fused-ring (bicyclic) bond motifs is 2. The Morgan fingerprint density at radius 1 is 0.892 bits per heavy atom. The summed E-state index contributed by atoms with van der Waals surface area (Å²) in [5.41, 5.74) is 1.45. The highest BCUT2D eigenvalue weighted by Gasteiger charge is 2.47. The number of likely N-dealkylation sites (tertiary alicyclic amines) is 1. The van der Waals surface area contributed by atoms with E-state index in [-0.39, 0.29) is 30.3 Å². The van der Waals surface area contributed by atoms with E-state index < -0.39 is 12.1 Å². The molecule has 6 rings (SSSR count). The maximum Gasteiger partial charge on any atom is 0.329 e. The Bertz CT molecular complexity index is 1400. The van der Waals surface area contributed by atoms with E-state index in [4.69, 9.17) is 0 Å². The molecular weight excluding hydrogens is 468 g/mol. The van der Waals surface area contributed by atoms with Crippen LogP contribution in [0.3, 0.4) is 0 Å². The van der Waals surface area contributed by atoms with Crippen LogP contribution in [0.5, 0.6) is 0 Å². The van der Waals surface area contributed by atoms with E-state index in [9.17, 15) is 19.2 Å². The lowest BCUT2D eigenvalue weighted by Gasteiger charge is -2.33. The predicted octanol–water partition coefficient (Wildman–Crippen LogP) is 4.31. The molecule has 3 aromatic carbocycles. The summed E-state index contributed by atoms with van der Waals surface area (Å²) in [5.74, 6) is -0.419. The van der Waals surface area contributed by atoms with Gasteiger partial charge in [-0.2, -0.15) is 0 Å². The average Bonchev–Trinajstić information content (AvgIpc) is 3.47. The van der Waals surface area contributed by atoms with Gasteiger partial charge in [0, 0.05) is 17.3 Å². The molecule has 3 aromatic rings. The van der Waals surface area contributed by atoms with Gasteiger partial charge in [-0.05, 0) is 66.3 Å². The van der Waals surface area contributed by atoms with Crippen LogP contribution in [0.2, 0.25) is 0 Å². The number of nitrogens with zero attached hydrogens (tertiary/aromatic N) is 2. The summed E-state index contributed by atoms with van der Waals surface area (Å²) < 4.78 is 0. The Kier molecular flexibility index (Phi) is 5.87. The average molecular weight is 497 g/mol. The van der Waals surface area contributed by atoms with Gasteiger partial charge in [0.1, 0.15) is 6.04 Å². The van der Waals surface area contributed by atoms with E-state index >= 15 is 0 Å². The molecule has 188 valence electrons. The Hall–Kier alpha value is -4.20. The first kappa shape index (κ1) is 23.2. The maximum absolute atomic E-state index is 13.9. The molecule has 2 N–H and O–H groups in total. The second kappa shape index (κ2) is 9.35. The number of rotatable bonds is 4. The number of carbonyl (C=O) groups excluding carboxylic acids is 4. The summed E-state index contributed by atoms with van der Waals surface area (Å²) in [5, 5.41) is 7.51. The minimum Gasteiger partial charge on any atom is -0.328 e. The lowest BCUT2D eigenvalue weighted by atomic mass is 9.84. The standard InChI is InChI=1S/C29H28N4O4/c34-26-17-30-29(37)32(26)23-10-5-9-22(16-23)31-27(35)25-15-20-8-3-4-11-24(20)33(25)28(36)21-13-12-18-6-1-2-7-19(18)14-21/h1-2,5-7,9-10,12-14,16,20,24-25H,3-4,8,11,15,17H2,(H,30,37)(H,31,35)/t20-,24-,25-/m0/s1. The first-order valence-corrected chi connectivity index (χ1v) is 12.8. The maximum atomic E-state index is 13.9. The molecule has 3 atom stereocenters. The lowest BCUT2D eigenvalue weighted by Crippen LogP contribution is -2.47. The molecule has 2 saturated heterocycles. The SMILES string of the molecule is O=C(Nc1cccc(N2C(=O)CNC2=O)c1)[C@@H]1C[C@@H]2CCCC[C@@H]2N1C(=O)c1ccc2ccccc2c1. The third-order valence-corrected chi connectivity index (χ3v) is 7.84. The fourth-order valence-electron chi connectivity index (χ4n) is 6.09. The van der Waals surface area contributed by atoms with Gasteiger partial charge < -0.3 is 15.5 Å². The van der Waals surface area contributed by atoms with Crippen molar-refractivity contribution in [3.63, 3.8) is 0 Å². The number of nitrogens with one attached hydrogen (secondary N) is 2. The summed E-state index contributed by atoms with van der Waals surface area (Å²) in [6.45, 7) is -0.0495. The molecule has 1 aliphatic carbocycles. The van der Waals surface area contributed by atoms with E-state index in [1.165, 1.54) is 0 Å². The van der Waals surface area contributed by atoms with Crippen LogP contribution < -0.4 is 15.5 Å². The van der Waals surface area contributed by atoms with Crippen molar-refractivity contribution in [2.75, 3.05) is 16.8 Å². The van der Waals surface area contributed by atoms with Gasteiger partial charge in [-0.1, -0.05) is 49.2 Å². The quantitative estimate of drug-likeness (QED) is 0.526. The fraction of sp³-hybridized carbons (Fsp3) is 0.310. The molecule has 3 aliphatic rings. The summed E-state index contributed by atoms with van der Waals surface area (Å²) in [7, 11) is 0. The van der Waals surface area contributed by atoms with Crippen molar-refractivity contribution in [2.45, 2.75) is 44.2 Å². The summed E-state index contributed by atoms with van der Waals surface area (Å²) in [6.07, 6.45) is 4.70. The van der Waals surface area contributed by atoms with Gasteiger partial charge in [0.05, 0.1) is 12.2 Å². The Balaban J connectivity index is 1.27. The largest absolute Gasteiger partial charge is 0.329 e. The van der Waals surface area contributed by atoms with Crippen molar-refractivity contribution in [1.29, 1.82) is 0 Å². The highest BCUT2D eigenvalue weighted by Crippen LogP contribution is 2.41. The molecule has 0 unspecified atom stereocenters. The highest BCUT2D eigenvalue weighted by molar-refractivity contribution is 6.20. The number of carbonyl (C=O) groups is 4. The van der Waals surface area contributed by atoms with Crippen LogP contribution in [0, 0.1) is 5.92 Å². The monoisotopic (exact) mass is 496 g/mol. The molecule has 0 radical (unpaired) electrons. The molecule has 37 heavy (non-hydrogen) atoms. The molecule has 0 bridgehead atoms. The van der Waals surface area contributed by atoms with Crippen LogP contribution >= 0.6 is 0 Å². The molecule has 8 nitrogen and oxygen atoms in total. The Morgan fingerprint density at radius 3 is 2.51 bits per heavy atom. The zero-order valence-corrected chi connectivity index (χ0v) is 20.4. The predicted molar refractivity (Wildman–Crippen MR) is 140 cm³/mol. The zero-order valence-electron chi connectivity index (χ0n) is 20.4. The number of amides is 5. The molecule has 0 spiro atoms.